The van der Waals surface area contributed by atoms with E-state index in [-0.39, 0.29) is 0 Å². The highest BCUT2D eigenvalue weighted by molar-refractivity contribution is 5.60. The highest BCUT2D eigenvalue weighted by Crippen LogP contribution is 2.20. The SMILES string of the molecule is N#Cc1ccc(Nc2cc(N3CCN(c4ncccn4)CC3)ncn2)cc1. The van der Waals surface area contributed by atoms with Crippen LogP contribution in [0.1, 0.15) is 5.56 Å². The average Bonchev–Trinajstić information content (AvgIpc) is 2.75. The van der Waals surface area contributed by atoms with Gasteiger partial charge in [-0.15, -0.1) is 0 Å². The van der Waals surface area contributed by atoms with Crippen molar-refractivity contribution in [1.29, 1.82) is 5.26 Å². The van der Waals surface area contributed by atoms with Crippen molar-refractivity contribution in [3.05, 3.63) is 60.7 Å². The second-order valence-corrected chi connectivity index (χ2v) is 6.10. The average molecular weight is 358 g/mol. The molecule has 1 saturated heterocycles. The Balaban J connectivity index is 1.41. The number of benzene rings is 1. The van der Waals surface area contributed by atoms with Gasteiger partial charge in [-0.2, -0.15) is 5.26 Å². The minimum Gasteiger partial charge on any atom is -0.353 e. The van der Waals surface area contributed by atoms with E-state index < -0.39 is 0 Å². The predicted molar refractivity (Wildman–Crippen MR) is 103 cm³/mol. The standard InChI is InChI=1S/C19H18N8/c20-13-15-2-4-16(5-3-15)25-17-12-18(24-14-23-17)26-8-10-27(11-9-26)19-21-6-1-7-22-19/h1-7,12,14H,8-11H2,(H,23,24,25). The highest BCUT2D eigenvalue weighted by atomic mass is 15.3. The van der Waals surface area contributed by atoms with Crippen molar-refractivity contribution in [3.8, 4) is 6.07 Å². The lowest BCUT2D eigenvalue weighted by atomic mass is 10.2. The van der Waals surface area contributed by atoms with E-state index in [2.05, 4.69) is 41.1 Å². The van der Waals surface area contributed by atoms with Crippen LogP contribution in [0.15, 0.2) is 55.1 Å². The zero-order valence-corrected chi connectivity index (χ0v) is 14.7. The number of nitriles is 1. The fourth-order valence-corrected chi connectivity index (χ4v) is 2.95. The molecule has 0 unspecified atom stereocenters. The third-order valence-electron chi connectivity index (χ3n) is 4.38. The van der Waals surface area contributed by atoms with Gasteiger partial charge in [0.05, 0.1) is 11.6 Å². The number of piperazine rings is 1. The summed E-state index contributed by atoms with van der Waals surface area (Å²) in [4.78, 5) is 21.7. The van der Waals surface area contributed by atoms with Crippen LogP contribution in [0, 0.1) is 11.3 Å². The van der Waals surface area contributed by atoms with Gasteiger partial charge in [0.25, 0.3) is 0 Å². The van der Waals surface area contributed by atoms with Crippen LogP contribution in [0.4, 0.5) is 23.3 Å². The van der Waals surface area contributed by atoms with Gasteiger partial charge in [0.1, 0.15) is 18.0 Å². The summed E-state index contributed by atoms with van der Waals surface area (Å²) >= 11 is 0. The predicted octanol–water partition coefficient (Wildman–Crippen LogP) is 2.21. The van der Waals surface area contributed by atoms with Crippen molar-refractivity contribution < 1.29 is 0 Å². The molecule has 1 fully saturated rings. The number of hydrogen-bond donors (Lipinski definition) is 1. The van der Waals surface area contributed by atoms with Gasteiger partial charge in [-0.25, -0.2) is 19.9 Å². The van der Waals surface area contributed by atoms with E-state index in [0.29, 0.717) is 5.56 Å². The van der Waals surface area contributed by atoms with Gasteiger partial charge in [0.2, 0.25) is 5.95 Å². The quantitative estimate of drug-likeness (QED) is 0.759. The minimum absolute atomic E-state index is 0.629. The zero-order valence-electron chi connectivity index (χ0n) is 14.7. The Morgan fingerprint density at radius 3 is 2.30 bits per heavy atom. The van der Waals surface area contributed by atoms with Crippen LogP contribution >= 0.6 is 0 Å². The molecule has 1 aromatic carbocycles. The topological polar surface area (TPSA) is 93.9 Å². The van der Waals surface area contributed by atoms with Gasteiger partial charge >= 0.3 is 0 Å². The van der Waals surface area contributed by atoms with Crippen LogP contribution in [0.25, 0.3) is 0 Å². The maximum absolute atomic E-state index is 8.88. The summed E-state index contributed by atoms with van der Waals surface area (Å²) in [6, 6.07) is 13.1. The molecule has 0 saturated carbocycles. The molecule has 2 aromatic heterocycles. The lowest BCUT2D eigenvalue weighted by Crippen LogP contribution is -2.47. The zero-order chi connectivity index (χ0) is 18.5. The Morgan fingerprint density at radius 1 is 0.889 bits per heavy atom. The monoisotopic (exact) mass is 358 g/mol. The maximum atomic E-state index is 8.88. The van der Waals surface area contributed by atoms with Crippen LogP contribution in [-0.2, 0) is 0 Å². The Bertz CT molecular complexity index is 928. The van der Waals surface area contributed by atoms with Crippen molar-refractivity contribution in [3.63, 3.8) is 0 Å². The van der Waals surface area contributed by atoms with E-state index in [9.17, 15) is 0 Å². The Labute approximate surface area is 157 Å². The van der Waals surface area contributed by atoms with E-state index in [0.717, 1.165) is 49.5 Å². The van der Waals surface area contributed by atoms with Gasteiger partial charge in [-0.1, -0.05) is 0 Å². The van der Waals surface area contributed by atoms with Crippen LogP contribution < -0.4 is 15.1 Å². The molecule has 0 aliphatic carbocycles. The van der Waals surface area contributed by atoms with E-state index in [4.69, 9.17) is 5.26 Å². The molecule has 1 N–H and O–H groups in total. The smallest absolute Gasteiger partial charge is 0.225 e. The van der Waals surface area contributed by atoms with Gasteiger partial charge in [0, 0.05) is 50.3 Å². The number of hydrogen-bond acceptors (Lipinski definition) is 8. The second-order valence-electron chi connectivity index (χ2n) is 6.10. The highest BCUT2D eigenvalue weighted by Gasteiger charge is 2.20. The van der Waals surface area contributed by atoms with Gasteiger partial charge < -0.3 is 15.1 Å². The molecule has 27 heavy (non-hydrogen) atoms. The fraction of sp³-hybridized carbons (Fsp3) is 0.211. The molecule has 0 radical (unpaired) electrons. The minimum atomic E-state index is 0.629. The summed E-state index contributed by atoms with van der Waals surface area (Å²) in [5, 5.41) is 12.1. The summed E-state index contributed by atoms with van der Waals surface area (Å²) in [5.41, 5.74) is 1.51. The molecular weight excluding hydrogens is 340 g/mol. The van der Waals surface area contributed by atoms with Crippen molar-refractivity contribution >= 4 is 23.3 Å². The first-order valence-corrected chi connectivity index (χ1v) is 8.68. The molecule has 1 aliphatic heterocycles. The number of nitrogens with one attached hydrogen (secondary N) is 1. The van der Waals surface area contributed by atoms with E-state index in [1.54, 1.807) is 30.9 Å². The fourth-order valence-electron chi connectivity index (χ4n) is 2.95. The summed E-state index contributed by atoms with van der Waals surface area (Å²) in [5.74, 6) is 2.37. The van der Waals surface area contributed by atoms with Crippen LogP contribution in [-0.4, -0.2) is 46.1 Å². The normalized spacial score (nSPS) is 13.9. The van der Waals surface area contributed by atoms with E-state index in [1.807, 2.05) is 24.3 Å². The lowest BCUT2D eigenvalue weighted by molar-refractivity contribution is 0.634. The third-order valence-corrected chi connectivity index (χ3v) is 4.38. The molecule has 0 spiro atoms. The first-order chi connectivity index (χ1) is 13.3. The van der Waals surface area contributed by atoms with Crippen molar-refractivity contribution in [2.24, 2.45) is 0 Å². The molecule has 134 valence electrons. The number of rotatable bonds is 4. The molecule has 0 atom stereocenters. The van der Waals surface area contributed by atoms with Gasteiger partial charge in [-0.3, -0.25) is 0 Å². The molecule has 8 heteroatoms. The van der Waals surface area contributed by atoms with Crippen molar-refractivity contribution in [2.75, 3.05) is 41.3 Å². The third kappa shape index (κ3) is 3.93. The number of nitrogens with zero attached hydrogens (tertiary/aromatic N) is 7. The summed E-state index contributed by atoms with van der Waals surface area (Å²) in [6.07, 6.45) is 5.09. The molecular formula is C19H18N8. The van der Waals surface area contributed by atoms with Crippen LogP contribution in [0.2, 0.25) is 0 Å². The summed E-state index contributed by atoms with van der Waals surface area (Å²) < 4.78 is 0. The Morgan fingerprint density at radius 2 is 1.59 bits per heavy atom. The molecule has 0 bridgehead atoms. The molecule has 3 aromatic rings. The first-order valence-electron chi connectivity index (χ1n) is 8.68. The number of aromatic nitrogens is 4. The summed E-state index contributed by atoms with van der Waals surface area (Å²) in [7, 11) is 0. The number of anilines is 4. The second kappa shape index (κ2) is 7.66. The van der Waals surface area contributed by atoms with Gasteiger partial charge in [-0.05, 0) is 30.3 Å². The van der Waals surface area contributed by atoms with Crippen LogP contribution in [0.5, 0.6) is 0 Å². The molecule has 4 rings (SSSR count). The lowest BCUT2D eigenvalue weighted by Gasteiger charge is -2.35. The van der Waals surface area contributed by atoms with Gasteiger partial charge in [0.15, 0.2) is 0 Å². The van der Waals surface area contributed by atoms with Crippen molar-refractivity contribution in [2.45, 2.75) is 0 Å². The molecule has 3 heterocycles. The maximum Gasteiger partial charge on any atom is 0.225 e. The van der Waals surface area contributed by atoms with Crippen LogP contribution in [0.3, 0.4) is 0 Å². The largest absolute Gasteiger partial charge is 0.353 e. The van der Waals surface area contributed by atoms with E-state index in [1.165, 1.54) is 0 Å². The Kier molecular flexibility index (Phi) is 4.74. The van der Waals surface area contributed by atoms with E-state index >= 15 is 0 Å². The van der Waals surface area contributed by atoms with Crippen molar-refractivity contribution in [1.82, 2.24) is 19.9 Å². The molecule has 0 amide bonds. The molecule has 8 nitrogen and oxygen atoms in total. The molecule has 1 aliphatic rings. The summed E-state index contributed by atoms with van der Waals surface area (Å²) in [6.45, 7) is 3.36. The first kappa shape index (κ1) is 16.7. The Hall–Kier alpha value is -3.73.